The van der Waals surface area contributed by atoms with Crippen molar-refractivity contribution in [3.8, 4) is 22.9 Å². The Morgan fingerprint density at radius 3 is 2.85 bits per heavy atom. The van der Waals surface area contributed by atoms with Crippen molar-refractivity contribution in [2.24, 2.45) is 0 Å². The molecule has 3 rings (SSSR count). The molecule has 0 unspecified atom stereocenters. The molecule has 0 saturated carbocycles. The molecule has 1 amide bonds. The summed E-state index contributed by atoms with van der Waals surface area (Å²) in [6, 6.07) is 11.1. The SMILES string of the molecule is CCOc1ccc(/C=C/C(=O)Nc2nc(-c3ccccn3)cs2)cc1OC. The van der Waals surface area contributed by atoms with Gasteiger partial charge in [-0.1, -0.05) is 12.1 Å². The van der Waals surface area contributed by atoms with Crippen LogP contribution in [0.4, 0.5) is 5.13 Å². The molecule has 27 heavy (non-hydrogen) atoms. The van der Waals surface area contributed by atoms with Gasteiger partial charge < -0.3 is 9.47 Å². The maximum Gasteiger partial charge on any atom is 0.250 e. The number of nitrogens with zero attached hydrogens (tertiary/aromatic N) is 2. The molecule has 0 aliphatic heterocycles. The number of nitrogens with one attached hydrogen (secondary N) is 1. The quantitative estimate of drug-likeness (QED) is 0.619. The number of benzene rings is 1. The molecule has 1 N–H and O–H groups in total. The highest BCUT2D eigenvalue weighted by molar-refractivity contribution is 7.14. The minimum absolute atomic E-state index is 0.259. The van der Waals surface area contributed by atoms with E-state index in [0.29, 0.717) is 23.2 Å². The number of anilines is 1. The molecule has 2 heterocycles. The molecule has 0 aliphatic carbocycles. The molecule has 0 radical (unpaired) electrons. The number of carbonyl (C=O) groups excluding carboxylic acids is 1. The third kappa shape index (κ3) is 4.92. The average Bonchev–Trinajstić information content (AvgIpc) is 3.16. The van der Waals surface area contributed by atoms with E-state index in [0.717, 1.165) is 17.0 Å². The van der Waals surface area contributed by atoms with Gasteiger partial charge in [-0.3, -0.25) is 15.1 Å². The van der Waals surface area contributed by atoms with Gasteiger partial charge in [-0.2, -0.15) is 0 Å². The van der Waals surface area contributed by atoms with Crippen LogP contribution in [-0.2, 0) is 4.79 Å². The van der Waals surface area contributed by atoms with Gasteiger partial charge >= 0.3 is 0 Å². The molecular formula is C20H19N3O3S. The van der Waals surface area contributed by atoms with Crippen LogP contribution in [0.25, 0.3) is 17.5 Å². The van der Waals surface area contributed by atoms with Gasteiger partial charge in [-0.15, -0.1) is 11.3 Å². The first-order valence-electron chi connectivity index (χ1n) is 8.36. The first-order chi connectivity index (χ1) is 13.2. The Bertz CT molecular complexity index is 939. The van der Waals surface area contributed by atoms with Crippen molar-refractivity contribution in [1.82, 2.24) is 9.97 Å². The van der Waals surface area contributed by atoms with Crippen LogP contribution in [0.15, 0.2) is 54.1 Å². The van der Waals surface area contributed by atoms with Crippen molar-refractivity contribution in [3.63, 3.8) is 0 Å². The van der Waals surface area contributed by atoms with Crippen LogP contribution >= 0.6 is 11.3 Å². The van der Waals surface area contributed by atoms with Gasteiger partial charge in [-0.05, 0) is 42.8 Å². The zero-order valence-electron chi connectivity index (χ0n) is 15.0. The van der Waals surface area contributed by atoms with E-state index in [1.807, 2.05) is 48.7 Å². The first kappa shape index (κ1) is 18.6. The van der Waals surface area contributed by atoms with Gasteiger partial charge in [0.25, 0.3) is 0 Å². The molecule has 138 valence electrons. The lowest BCUT2D eigenvalue weighted by Gasteiger charge is -2.09. The summed E-state index contributed by atoms with van der Waals surface area (Å²) in [6.07, 6.45) is 4.87. The molecule has 2 aromatic heterocycles. The second-order valence-electron chi connectivity index (χ2n) is 5.42. The Morgan fingerprint density at radius 1 is 1.22 bits per heavy atom. The van der Waals surface area contributed by atoms with Crippen molar-refractivity contribution in [3.05, 3.63) is 59.6 Å². The maximum absolute atomic E-state index is 12.2. The lowest BCUT2D eigenvalue weighted by atomic mass is 10.2. The third-order valence-corrected chi connectivity index (χ3v) is 4.33. The number of carbonyl (C=O) groups is 1. The molecule has 7 heteroatoms. The largest absolute Gasteiger partial charge is 0.493 e. The molecule has 6 nitrogen and oxygen atoms in total. The number of aromatic nitrogens is 2. The Kier molecular flexibility index (Phi) is 6.17. The number of pyridine rings is 1. The molecule has 0 atom stereocenters. The van der Waals surface area contributed by atoms with Gasteiger partial charge in [0.05, 0.1) is 19.4 Å². The number of rotatable bonds is 7. The van der Waals surface area contributed by atoms with Crippen LogP contribution in [-0.4, -0.2) is 29.6 Å². The molecule has 0 saturated heterocycles. The average molecular weight is 381 g/mol. The summed E-state index contributed by atoms with van der Waals surface area (Å²) < 4.78 is 10.8. The topological polar surface area (TPSA) is 73.3 Å². The van der Waals surface area contributed by atoms with Crippen LogP contribution in [0, 0.1) is 0 Å². The van der Waals surface area contributed by atoms with E-state index in [4.69, 9.17) is 9.47 Å². The van der Waals surface area contributed by atoms with Crippen LogP contribution in [0.3, 0.4) is 0 Å². The van der Waals surface area contributed by atoms with Crippen molar-refractivity contribution in [2.75, 3.05) is 19.0 Å². The lowest BCUT2D eigenvalue weighted by molar-refractivity contribution is -0.111. The number of hydrogen-bond acceptors (Lipinski definition) is 6. The molecular weight excluding hydrogens is 362 g/mol. The number of hydrogen-bond donors (Lipinski definition) is 1. The zero-order chi connectivity index (χ0) is 19.1. The molecule has 0 bridgehead atoms. The fourth-order valence-corrected chi connectivity index (χ4v) is 3.05. The fourth-order valence-electron chi connectivity index (χ4n) is 2.34. The van der Waals surface area contributed by atoms with E-state index in [9.17, 15) is 4.79 Å². The molecule has 1 aromatic carbocycles. The Balaban J connectivity index is 1.65. The summed E-state index contributed by atoms with van der Waals surface area (Å²) in [5.74, 6) is 1.04. The number of thiazole rings is 1. The van der Waals surface area contributed by atoms with Crippen molar-refractivity contribution in [2.45, 2.75) is 6.92 Å². The minimum Gasteiger partial charge on any atom is -0.493 e. The highest BCUT2D eigenvalue weighted by atomic mass is 32.1. The van der Waals surface area contributed by atoms with Crippen LogP contribution in [0.5, 0.6) is 11.5 Å². The number of methoxy groups -OCH3 is 1. The summed E-state index contributed by atoms with van der Waals surface area (Å²) in [4.78, 5) is 20.8. The highest BCUT2D eigenvalue weighted by Crippen LogP contribution is 2.28. The van der Waals surface area contributed by atoms with E-state index in [2.05, 4.69) is 15.3 Å². The van der Waals surface area contributed by atoms with Crippen LogP contribution in [0.1, 0.15) is 12.5 Å². The minimum atomic E-state index is -0.259. The second-order valence-corrected chi connectivity index (χ2v) is 6.28. The standard InChI is InChI=1S/C20H19N3O3S/c1-3-26-17-9-7-14(12-18(17)25-2)8-10-19(24)23-20-22-16(13-27-20)15-6-4-5-11-21-15/h4-13H,3H2,1-2H3,(H,22,23,24)/b10-8+. The Labute approximate surface area is 161 Å². The Hall–Kier alpha value is -3.19. The normalized spacial score (nSPS) is 10.7. The van der Waals surface area contributed by atoms with E-state index in [1.165, 1.54) is 17.4 Å². The van der Waals surface area contributed by atoms with Gasteiger partial charge in [-0.25, -0.2) is 4.98 Å². The van der Waals surface area contributed by atoms with Gasteiger partial charge in [0.15, 0.2) is 16.6 Å². The van der Waals surface area contributed by atoms with Crippen LogP contribution in [0.2, 0.25) is 0 Å². The van der Waals surface area contributed by atoms with Gasteiger partial charge in [0.2, 0.25) is 5.91 Å². The van der Waals surface area contributed by atoms with Gasteiger partial charge in [0.1, 0.15) is 5.69 Å². The zero-order valence-corrected chi connectivity index (χ0v) is 15.8. The summed E-state index contributed by atoms with van der Waals surface area (Å²) >= 11 is 1.35. The van der Waals surface area contributed by atoms with E-state index in [1.54, 1.807) is 19.4 Å². The molecule has 3 aromatic rings. The number of amides is 1. The Morgan fingerprint density at radius 2 is 2.11 bits per heavy atom. The summed E-state index contributed by atoms with van der Waals surface area (Å²) in [6.45, 7) is 2.47. The number of ether oxygens (including phenoxy) is 2. The van der Waals surface area contributed by atoms with Crippen LogP contribution < -0.4 is 14.8 Å². The highest BCUT2D eigenvalue weighted by Gasteiger charge is 2.07. The van der Waals surface area contributed by atoms with E-state index >= 15 is 0 Å². The first-order valence-corrected chi connectivity index (χ1v) is 9.24. The maximum atomic E-state index is 12.2. The summed E-state index contributed by atoms with van der Waals surface area (Å²) in [5, 5.41) is 5.14. The second kappa shape index (κ2) is 8.95. The summed E-state index contributed by atoms with van der Waals surface area (Å²) in [5.41, 5.74) is 2.33. The third-order valence-electron chi connectivity index (χ3n) is 3.58. The van der Waals surface area contributed by atoms with Crippen molar-refractivity contribution < 1.29 is 14.3 Å². The molecule has 0 fully saturated rings. The predicted molar refractivity (Wildman–Crippen MR) is 107 cm³/mol. The van der Waals surface area contributed by atoms with Gasteiger partial charge in [0, 0.05) is 17.7 Å². The lowest BCUT2D eigenvalue weighted by Crippen LogP contribution is -2.07. The molecule has 0 aliphatic rings. The van der Waals surface area contributed by atoms with Crippen molar-refractivity contribution >= 4 is 28.5 Å². The smallest absolute Gasteiger partial charge is 0.250 e. The predicted octanol–water partition coefficient (Wildman–Crippen LogP) is 4.26. The summed E-state index contributed by atoms with van der Waals surface area (Å²) in [7, 11) is 1.58. The fraction of sp³-hybridized carbons (Fsp3) is 0.150. The van der Waals surface area contributed by atoms with E-state index < -0.39 is 0 Å². The molecule has 0 spiro atoms. The van der Waals surface area contributed by atoms with E-state index in [-0.39, 0.29) is 5.91 Å². The van der Waals surface area contributed by atoms with Crippen molar-refractivity contribution in [1.29, 1.82) is 0 Å². The monoisotopic (exact) mass is 381 g/mol.